The van der Waals surface area contributed by atoms with Gasteiger partial charge in [0, 0.05) is 5.33 Å². The quantitative estimate of drug-likeness (QED) is 0.586. The maximum Gasteiger partial charge on any atom is 0.283 e. The highest BCUT2D eigenvalue weighted by molar-refractivity contribution is 9.08. The van der Waals surface area contributed by atoms with Crippen molar-refractivity contribution >= 4 is 15.9 Å². The number of halogens is 5. The van der Waals surface area contributed by atoms with Gasteiger partial charge in [-0.25, -0.2) is 22.5 Å². The highest BCUT2D eigenvalue weighted by Crippen LogP contribution is 2.22. The number of aromatic nitrogens is 1. The highest BCUT2D eigenvalue weighted by Gasteiger charge is 2.19. The van der Waals surface area contributed by atoms with E-state index in [1.807, 2.05) is 0 Å². The van der Waals surface area contributed by atoms with E-state index in [4.69, 9.17) is 0 Å². The van der Waals surface area contributed by atoms with Crippen molar-refractivity contribution in [2.75, 3.05) is 0 Å². The van der Waals surface area contributed by atoms with Crippen LogP contribution in [0.25, 0.3) is 0 Å². The van der Waals surface area contributed by atoms with Crippen LogP contribution in [0.1, 0.15) is 17.8 Å². The smallest absolute Gasteiger partial charge is 0.248 e. The summed E-state index contributed by atoms with van der Waals surface area (Å²) in [7, 11) is 0. The molecule has 6 heteroatoms. The molecule has 0 bridgehead atoms. The zero-order valence-electron chi connectivity index (χ0n) is 6.20. The van der Waals surface area contributed by atoms with E-state index in [1.54, 1.807) is 0 Å². The zero-order chi connectivity index (χ0) is 10.0. The third-order valence-electron chi connectivity index (χ3n) is 1.34. The zero-order valence-corrected chi connectivity index (χ0v) is 7.78. The molecule has 0 aliphatic rings. The Kier molecular flexibility index (Phi) is 3.24. The molecule has 0 saturated carbocycles. The first-order valence-electron chi connectivity index (χ1n) is 3.25. The molecule has 0 spiro atoms. The van der Waals surface area contributed by atoms with Crippen molar-refractivity contribution in [3.63, 3.8) is 0 Å². The van der Waals surface area contributed by atoms with Crippen LogP contribution in [0.15, 0.2) is 6.07 Å². The SMILES string of the molecule is Fc1cc(CBr)nc(C(F)F)c1F. The van der Waals surface area contributed by atoms with Crippen LogP contribution in [0.5, 0.6) is 0 Å². The van der Waals surface area contributed by atoms with Gasteiger partial charge in [0.05, 0.1) is 5.69 Å². The Labute approximate surface area is 79.9 Å². The fourth-order valence-corrected chi connectivity index (χ4v) is 1.07. The van der Waals surface area contributed by atoms with Crippen molar-refractivity contribution in [2.45, 2.75) is 11.8 Å². The Morgan fingerprint density at radius 3 is 2.46 bits per heavy atom. The molecule has 0 aliphatic heterocycles. The van der Waals surface area contributed by atoms with Crippen molar-refractivity contribution in [3.05, 3.63) is 29.1 Å². The van der Waals surface area contributed by atoms with Gasteiger partial charge in [0.2, 0.25) is 0 Å². The predicted molar refractivity (Wildman–Crippen MR) is 41.7 cm³/mol. The molecule has 1 aromatic rings. The van der Waals surface area contributed by atoms with Crippen LogP contribution < -0.4 is 0 Å². The second kappa shape index (κ2) is 4.04. The third-order valence-corrected chi connectivity index (χ3v) is 1.91. The number of rotatable bonds is 2. The van der Waals surface area contributed by atoms with Crippen molar-refractivity contribution in [2.24, 2.45) is 0 Å². The van der Waals surface area contributed by atoms with E-state index in [-0.39, 0.29) is 11.0 Å². The molecule has 13 heavy (non-hydrogen) atoms. The Bertz CT molecular complexity index is 316. The van der Waals surface area contributed by atoms with Crippen LogP contribution >= 0.6 is 15.9 Å². The first-order valence-corrected chi connectivity index (χ1v) is 4.37. The van der Waals surface area contributed by atoms with Gasteiger partial charge in [-0.2, -0.15) is 0 Å². The Hall–Kier alpha value is -0.650. The Morgan fingerprint density at radius 2 is 2.00 bits per heavy atom. The lowest BCUT2D eigenvalue weighted by atomic mass is 10.3. The molecule has 72 valence electrons. The fourth-order valence-electron chi connectivity index (χ4n) is 0.781. The van der Waals surface area contributed by atoms with Gasteiger partial charge >= 0.3 is 0 Å². The first-order chi connectivity index (χ1) is 6.06. The monoisotopic (exact) mass is 257 g/mol. The van der Waals surface area contributed by atoms with Gasteiger partial charge in [-0.05, 0) is 6.07 Å². The van der Waals surface area contributed by atoms with Gasteiger partial charge < -0.3 is 0 Å². The van der Waals surface area contributed by atoms with Crippen molar-refractivity contribution in [1.82, 2.24) is 4.98 Å². The van der Waals surface area contributed by atoms with E-state index < -0.39 is 23.8 Å². The molecule has 0 unspecified atom stereocenters. The van der Waals surface area contributed by atoms with E-state index in [0.717, 1.165) is 6.07 Å². The minimum Gasteiger partial charge on any atom is -0.248 e. The molecule has 1 nitrogen and oxygen atoms in total. The van der Waals surface area contributed by atoms with Crippen LogP contribution in [0.4, 0.5) is 17.6 Å². The van der Waals surface area contributed by atoms with Crippen molar-refractivity contribution < 1.29 is 17.6 Å². The van der Waals surface area contributed by atoms with Crippen LogP contribution in [-0.4, -0.2) is 4.98 Å². The van der Waals surface area contributed by atoms with E-state index >= 15 is 0 Å². The summed E-state index contributed by atoms with van der Waals surface area (Å²) in [6, 6.07) is 0.774. The average Bonchev–Trinajstić information content (AvgIpc) is 2.09. The molecular formula is C7H4BrF4N. The standard InChI is InChI=1S/C7H4BrF4N/c8-2-3-1-4(9)5(10)6(13-3)7(11)12/h1,7H,2H2. The molecule has 0 amide bonds. The van der Waals surface area contributed by atoms with Crippen LogP contribution in [0, 0.1) is 11.6 Å². The second-order valence-electron chi connectivity index (χ2n) is 2.23. The molecule has 1 rings (SSSR count). The number of hydrogen-bond donors (Lipinski definition) is 0. The second-order valence-corrected chi connectivity index (χ2v) is 2.79. The summed E-state index contributed by atoms with van der Waals surface area (Å²) in [6.45, 7) is 0. The van der Waals surface area contributed by atoms with E-state index in [2.05, 4.69) is 20.9 Å². The van der Waals surface area contributed by atoms with Gasteiger partial charge in [0.15, 0.2) is 11.6 Å². The molecule has 1 aromatic heterocycles. The maximum atomic E-state index is 12.6. The summed E-state index contributed by atoms with van der Waals surface area (Å²) in [4.78, 5) is 3.24. The van der Waals surface area contributed by atoms with Gasteiger partial charge in [-0.1, -0.05) is 15.9 Å². The summed E-state index contributed by atoms with van der Waals surface area (Å²) < 4.78 is 49.3. The van der Waals surface area contributed by atoms with Gasteiger partial charge in [-0.3, -0.25) is 0 Å². The summed E-state index contributed by atoms with van der Waals surface area (Å²) in [6.07, 6.45) is -3.10. The fraction of sp³-hybridized carbons (Fsp3) is 0.286. The highest BCUT2D eigenvalue weighted by atomic mass is 79.9. The van der Waals surface area contributed by atoms with Gasteiger partial charge in [0.25, 0.3) is 6.43 Å². The minimum absolute atomic E-state index is 0.0363. The molecule has 0 aromatic carbocycles. The topological polar surface area (TPSA) is 12.9 Å². The number of alkyl halides is 3. The summed E-state index contributed by atoms with van der Waals surface area (Å²) >= 11 is 2.90. The van der Waals surface area contributed by atoms with E-state index in [1.165, 1.54) is 0 Å². The normalized spacial score (nSPS) is 10.9. The molecule has 0 saturated heterocycles. The van der Waals surface area contributed by atoms with E-state index in [0.29, 0.717) is 0 Å². The molecule has 1 heterocycles. The van der Waals surface area contributed by atoms with Crippen molar-refractivity contribution in [1.29, 1.82) is 0 Å². The van der Waals surface area contributed by atoms with Gasteiger partial charge in [0.1, 0.15) is 5.69 Å². The maximum absolute atomic E-state index is 12.6. The van der Waals surface area contributed by atoms with Crippen LogP contribution in [0.2, 0.25) is 0 Å². The molecule has 0 atom stereocenters. The van der Waals surface area contributed by atoms with Gasteiger partial charge in [-0.15, -0.1) is 0 Å². The summed E-state index contributed by atoms with van der Waals surface area (Å²) in [5.41, 5.74) is -1.11. The van der Waals surface area contributed by atoms with Crippen LogP contribution in [-0.2, 0) is 5.33 Å². The lowest BCUT2D eigenvalue weighted by Gasteiger charge is -2.03. The molecule has 0 radical (unpaired) electrons. The molecule has 0 N–H and O–H groups in total. The third kappa shape index (κ3) is 2.18. The average molecular weight is 258 g/mol. The van der Waals surface area contributed by atoms with Crippen molar-refractivity contribution in [3.8, 4) is 0 Å². The molecule has 0 aliphatic carbocycles. The summed E-state index contributed by atoms with van der Waals surface area (Å²) in [5, 5.41) is 0.101. The lowest BCUT2D eigenvalue weighted by Crippen LogP contribution is -2.02. The van der Waals surface area contributed by atoms with E-state index in [9.17, 15) is 17.6 Å². The number of hydrogen-bond acceptors (Lipinski definition) is 1. The Morgan fingerprint density at radius 1 is 1.38 bits per heavy atom. The number of pyridine rings is 1. The summed E-state index contributed by atoms with van der Waals surface area (Å²) in [5.74, 6) is -2.89. The minimum atomic E-state index is -3.10. The largest absolute Gasteiger partial charge is 0.283 e. The first kappa shape index (κ1) is 10.4. The Balaban J connectivity index is 3.25. The molecular weight excluding hydrogens is 254 g/mol. The predicted octanol–water partition coefficient (Wildman–Crippen LogP) is 3.19. The lowest BCUT2D eigenvalue weighted by molar-refractivity contribution is 0.139. The number of nitrogens with zero attached hydrogens (tertiary/aromatic N) is 1. The molecule has 0 fully saturated rings. The van der Waals surface area contributed by atoms with Crippen LogP contribution in [0.3, 0.4) is 0 Å².